The molecule has 1 aromatic heterocycles. The topological polar surface area (TPSA) is 76.2 Å². The number of rotatable bonds is 1. The van der Waals surface area contributed by atoms with Crippen LogP contribution in [0.25, 0.3) is 0 Å². The number of pyridine rings is 1. The molecule has 0 aromatic carbocycles. The van der Waals surface area contributed by atoms with Gasteiger partial charge < -0.3 is 10.8 Å². The van der Waals surface area contributed by atoms with E-state index in [0.717, 1.165) is 0 Å². The van der Waals surface area contributed by atoms with E-state index in [0.29, 0.717) is 0 Å². The molecule has 7 heteroatoms. The Bertz CT molecular complexity index is 346. The molecule has 3 N–H and O–H groups in total. The van der Waals surface area contributed by atoms with Gasteiger partial charge in [0.15, 0.2) is 5.69 Å². The number of carboxylic acid groups (broad SMARTS) is 1. The summed E-state index contributed by atoms with van der Waals surface area (Å²) in [4.78, 5) is 14.0. The minimum atomic E-state index is -1.26. The summed E-state index contributed by atoms with van der Waals surface area (Å²) in [6, 6.07) is 1.29. The monoisotopic (exact) mass is 230 g/mol. The zero-order valence-corrected chi connectivity index (χ0v) is 7.23. The maximum atomic E-state index is 10.5. The zero-order chi connectivity index (χ0) is 9.30. The fraction of sp³-hybridized carbons (Fsp3) is 0. The molecule has 66 valence electrons. The second-order valence-corrected chi connectivity index (χ2v) is 2.77. The van der Waals surface area contributed by atoms with Gasteiger partial charge in [0.25, 0.3) is 0 Å². The molecule has 0 atom stereocenters. The number of nitrogens with zero attached hydrogens (tertiary/aromatic N) is 1. The molecule has 1 heterocycles. The summed E-state index contributed by atoms with van der Waals surface area (Å²) in [6.45, 7) is 0. The fourth-order valence-corrected chi connectivity index (χ4v) is 1.04. The van der Waals surface area contributed by atoms with Gasteiger partial charge in [0.2, 0.25) is 0 Å². The van der Waals surface area contributed by atoms with Gasteiger partial charge in [-0.3, -0.25) is 0 Å². The third-order valence-electron chi connectivity index (χ3n) is 1.16. The Morgan fingerprint density at radius 3 is 2.54 bits per heavy atom. The molecule has 0 spiro atoms. The molecule has 0 saturated carbocycles. The van der Waals surface area contributed by atoms with Crippen molar-refractivity contribution in [2.45, 2.75) is 0 Å². The number of halogens is 2. The standard InChI is InChI=1S/C6H4Cl2N2O2.Na.H/c7-3-1-2(9)4(8)5(10-3)6(11)12;;/h1H,(H2,9,10)(H,11,12);;. The van der Waals surface area contributed by atoms with Crippen molar-refractivity contribution in [1.29, 1.82) is 0 Å². The summed E-state index contributed by atoms with van der Waals surface area (Å²) in [5.41, 5.74) is 5.11. The number of nitrogen functional groups attached to an aromatic ring is 1. The predicted molar refractivity (Wildman–Crippen MR) is 52.8 cm³/mol. The third kappa shape index (κ3) is 3.00. The average Bonchev–Trinajstić information content (AvgIpc) is 1.96. The zero-order valence-electron chi connectivity index (χ0n) is 5.71. The van der Waals surface area contributed by atoms with Crippen LogP contribution in [0.5, 0.6) is 0 Å². The molecule has 0 fully saturated rings. The van der Waals surface area contributed by atoms with Gasteiger partial charge in [-0.2, -0.15) is 0 Å². The summed E-state index contributed by atoms with van der Waals surface area (Å²) >= 11 is 11.0. The van der Waals surface area contributed by atoms with Crippen molar-refractivity contribution in [2.24, 2.45) is 0 Å². The van der Waals surface area contributed by atoms with Crippen LogP contribution in [-0.2, 0) is 0 Å². The van der Waals surface area contributed by atoms with Crippen LogP contribution in [0.4, 0.5) is 5.69 Å². The number of aromatic carboxylic acids is 1. The van der Waals surface area contributed by atoms with Gasteiger partial charge in [-0.05, 0) is 6.07 Å². The van der Waals surface area contributed by atoms with E-state index in [1.807, 2.05) is 0 Å². The van der Waals surface area contributed by atoms with E-state index in [9.17, 15) is 4.79 Å². The number of hydrogen-bond donors (Lipinski definition) is 2. The Balaban J connectivity index is 0.00000144. The molecule has 4 nitrogen and oxygen atoms in total. The molecule has 0 unspecified atom stereocenters. The summed E-state index contributed by atoms with van der Waals surface area (Å²) in [6.07, 6.45) is 0. The van der Waals surface area contributed by atoms with Crippen molar-refractivity contribution in [2.75, 3.05) is 5.73 Å². The molecule has 1 aromatic rings. The quantitative estimate of drug-likeness (QED) is 0.558. The number of aromatic nitrogens is 1. The van der Waals surface area contributed by atoms with Crippen LogP contribution in [0.1, 0.15) is 10.5 Å². The van der Waals surface area contributed by atoms with Crippen molar-refractivity contribution < 1.29 is 9.90 Å². The first kappa shape index (κ1) is 13.0. The number of hydrogen-bond acceptors (Lipinski definition) is 3. The van der Waals surface area contributed by atoms with Crippen LogP contribution < -0.4 is 5.73 Å². The number of nitrogens with two attached hydrogens (primary N) is 1. The molecule has 0 aliphatic heterocycles. The van der Waals surface area contributed by atoms with Gasteiger partial charge in [-0.25, -0.2) is 9.78 Å². The maximum absolute atomic E-state index is 10.5. The third-order valence-corrected chi connectivity index (χ3v) is 1.75. The molecule has 0 saturated heterocycles. The molecular weight excluding hydrogens is 226 g/mol. The van der Waals surface area contributed by atoms with Crippen LogP contribution in [0, 0.1) is 0 Å². The fourth-order valence-electron chi connectivity index (χ4n) is 0.658. The molecular formula is C6H5Cl2N2NaO2. The van der Waals surface area contributed by atoms with E-state index in [2.05, 4.69) is 4.98 Å². The Kier molecular flexibility index (Phi) is 5.02. The molecule has 0 aliphatic carbocycles. The van der Waals surface area contributed by atoms with Crippen molar-refractivity contribution in [3.05, 3.63) is 21.9 Å². The first-order valence-corrected chi connectivity index (χ1v) is 3.62. The predicted octanol–water partition coefficient (Wildman–Crippen LogP) is 1.02. The number of carbonyl (C=O) groups is 1. The van der Waals surface area contributed by atoms with E-state index in [-0.39, 0.29) is 51.1 Å². The first-order valence-electron chi connectivity index (χ1n) is 2.87. The van der Waals surface area contributed by atoms with Crippen LogP contribution >= 0.6 is 23.2 Å². The summed E-state index contributed by atoms with van der Waals surface area (Å²) in [5, 5.41) is 8.47. The van der Waals surface area contributed by atoms with Crippen LogP contribution in [0.2, 0.25) is 10.2 Å². The molecule has 0 aliphatic rings. The normalized spacial score (nSPS) is 9.08. The average molecular weight is 231 g/mol. The van der Waals surface area contributed by atoms with Gasteiger partial charge in [0.1, 0.15) is 5.15 Å². The minimum absolute atomic E-state index is 0. The molecule has 1 rings (SSSR count). The van der Waals surface area contributed by atoms with Crippen LogP contribution in [-0.4, -0.2) is 45.6 Å². The van der Waals surface area contributed by atoms with Gasteiger partial charge in [0.05, 0.1) is 10.7 Å². The Morgan fingerprint density at radius 2 is 2.08 bits per heavy atom. The summed E-state index contributed by atoms with van der Waals surface area (Å²) in [5.74, 6) is -1.26. The van der Waals surface area contributed by atoms with Gasteiger partial charge in [0, 0.05) is 0 Å². The summed E-state index contributed by atoms with van der Waals surface area (Å²) in [7, 11) is 0. The Hall–Kier alpha value is 0. The first-order chi connectivity index (χ1) is 5.52. The molecule has 0 amide bonds. The van der Waals surface area contributed by atoms with Gasteiger partial charge in [-0.1, -0.05) is 23.2 Å². The number of carboxylic acids is 1. The number of anilines is 1. The van der Waals surface area contributed by atoms with E-state index >= 15 is 0 Å². The molecule has 13 heavy (non-hydrogen) atoms. The van der Waals surface area contributed by atoms with E-state index in [1.54, 1.807) is 0 Å². The van der Waals surface area contributed by atoms with Crippen molar-refractivity contribution in [1.82, 2.24) is 4.98 Å². The van der Waals surface area contributed by atoms with Crippen LogP contribution in [0.3, 0.4) is 0 Å². The second kappa shape index (κ2) is 5.02. The van der Waals surface area contributed by atoms with E-state index in [1.165, 1.54) is 6.07 Å². The Labute approximate surface area is 106 Å². The van der Waals surface area contributed by atoms with Crippen molar-refractivity contribution >= 4 is 64.4 Å². The van der Waals surface area contributed by atoms with Crippen molar-refractivity contribution in [3.8, 4) is 0 Å². The SMILES string of the molecule is Nc1cc(Cl)nc(C(=O)O)c1Cl.[NaH]. The van der Waals surface area contributed by atoms with Gasteiger partial charge >= 0.3 is 35.5 Å². The molecule has 0 bridgehead atoms. The van der Waals surface area contributed by atoms with E-state index < -0.39 is 5.97 Å². The van der Waals surface area contributed by atoms with Crippen LogP contribution in [0.15, 0.2) is 6.07 Å². The Morgan fingerprint density at radius 1 is 1.54 bits per heavy atom. The van der Waals surface area contributed by atoms with Gasteiger partial charge in [-0.15, -0.1) is 0 Å². The van der Waals surface area contributed by atoms with Crippen molar-refractivity contribution in [3.63, 3.8) is 0 Å². The second-order valence-electron chi connectivity index (χ2n) is 2.00. The molecule has 0 radical (unpaired) electrons. The summed E-state index contributed by atoms with van der Waals surface area (Å²) < 4.78 is 0. The van der Waals surface area contributed by atoms with E-state index in [4.69, 9.17) is 34.0 Å².